The Balaban J connectivity index is 1.65. The summed E-state index contributed by atoms with van der Waals surface area (Å²) in [5.41, 5.74) is 2.05. The van der Waals surface area contributed by atoms with E-state index in [4.69, 9.17) is 14.6 Å². The lowest BCUT2D eigenvalue weighted by Crippen LogP contribution is -2.44. The van der Waals surface area contributed by atoms with Crippen LogP contribution in [0.4, 0.5) is 0 Å². The number of carbonyl (C=O) groups excluding carboxylic acids is 1. The maximum absolute atomic E-state index is 13.4. The van der Waals surface area contributed by atoms with E-state index in [1.165, 1.54) is 0 Å². The average molecular weight is 463 g/mol. The van der Waals surface area contributed by atoms with Crippen molar-refractivity contribution in [3.63, 3.8) is 0 Å². The Bertz CT molecular complexity index is 1380. The molecule has 0 saturated carbocycles. The maximum Gasteiger partial charge on any atom is 0.343 e. The van der Waals surface area contributed by atoms with E-state index in [2.05, 4.69) is 10.5 Å². The lowest BCUT2D eigenvalue weighted by molar-refractivity contribution is -0.172. The first-order chi connectivity index (χ1) is 16.5. The van der Waals surface area contributed by atoms with Gasteiger partial charge >= 0.3 is 5.97 Å². The number of rotatable bonds is 7. The van der Waals surface area contributed by atoms with Gasteiger partial charge in [0.25, 0.3) is 5.56 Å². The van der Waals surface area contributed by atoms with Crippen LogP contribution >= 0.6 is 0 Å². The normalized spacial score (nSPS) is 18.6. The molecular formula is C25H26N4O5. The standard InChI is InChI=1S/C25H26N4O5/c1-3-25(32)19-11-21-22-17(13-29(21)23(30)18(19)14-33-24(25)31)16(12-27-34-10-9-26-4-2)15-7-5-6-8-20(15)28-22/h5-8,11-12,26,32H,3-4,9-10,13-14H2,1-2H3/b27-12+/t25-/m0/s1. The summed E-state index contributed by atoms with van der Waals surface area (Å²) in [6.45, 7) is 5.83. The third-order valence-electron chi connectivity index (χ3n) is 6.52. The molecule has 176 valence electrons. The number of benzene rings is 1. The number of aromatic nitrogens is 2. The number of carbonyl (C=O) groups is 1. The minimum absolute atomic E-state index is 0.0991. The smallest absolute Gasteiger partial charge is 0.343 e. The van der Waals surface area contributed by atoms with Crippen molar-refractivity contribution in [2.45, 2.75) is 39.0 Å². The Kier molecular flexibility index (Phi) is 5.66. The van der Waals surface area contributed by atoms with E-state index >= 15 is 0 Å². The van der Waals surface area contributed by atoms with E-state index < -0.39 is 11.6 Å². The number of aliphatic hydroxyl groups is 1. The summed E-state index contributed by atoms with van der Waals surface area (Å²) >= 11 is 0. The molecule has 9 nitrogen and oxygen atoms in total. The summed E-state index contributed by atoms with van der Waals surface area (Å²) in [7, 11) is 0. The van der Waals surface area contributed by atoms with Gasteiger partial charge in [-0.25, -0.2) is 9.78 Å². The number of nitrogens with one attached hydrogen (secondary N) is 1. The highest BCUT2D eigenvalue weighted by Crippen LogP contribution is 2.39. The Morgan fingerprint density at radius 3 is 2.91 bits per heavy atom. The number of cyclic esters (lactones) is 1. The lowest BCUT2D eigenvalue weighted by atomic mass is 9.86. The van der Waals surface area contributed by atoms with Gasteiger partial charge in [0.2, 0.25) is 0 Å². The molecule has 2 aliphatic heterocycles. The van der Waals surface area contributed by atoms with Gasteiger partial charge in [-0.1, -0.05) is 37.2 Å². The lowest BCUT2D eigenvalue weighted by Gasteiger charge is -2.31. The Morgan fingerprint density at radius 1 is 1.29 bits per heavy atom. The number of hydrogen-bond donors (Lipinski definition) is 2. The second kappa shape index (κ2) is 8.66. The van der Waals surface area contributed by atoms with Gasteiger partial charge < -0.3 is 24.6 Å². The van der Waals surface area contributed by atoms with Crippen molar-refractivity contribution in [3.05, 3.63) is 62.9 Å². The molecule has 2 aliphatic rings. The SMILES string of the molecule is CCNCCO/N=C/c1c2c(nc3ccccc13)-c1cc3c(c(=O)n1C2)COC(=O)[C@]3(O)CC. The molecule has 0 fully saturated rings. The number of likely N-dealkylation sites (N-methyl/N-ethyl adjacent to an activating group) is 1. The number of pyridine rings is 2. The van der Waals surface area contributed by atoms with Crippen molar-refractivity contribution in [1.29, 1.82) is 0 Å². The Labute approximate surface area is 196 Å². The highest BCUT2D eigenvalue weighted by atomic mass is 16.6. The van der Waals surface area contributed by atoms with E-state index in [1.54, 1.807) is 23.8 Å². The fraction of sp³-hybridized carbons (Fsp3) is 0.360. The maximum atomic E-state index is 13.4. The van der Waals surface area contributed by atoms with Crippen molar-refractivity contribution >= 4 is 23.1 Å². The highest BCUT2D eigenvalue weighted by molar-refractivity contribution is 6.02. The predicted molar refractivity (Wildman–Crippen MR) is 127 cm³/mol. The number of esters is 1. The molecule has 5 rings (SSSR count). The van der Waals surface area contributed by atoms with Crippen LogP contribution in [0.5, 0.6) is 0 Å². The monoisotopic (exact) mass is 462 g/mol. The third-order valence-corrected chi connectivity index (χ3v) is 6.52. The van der Waals surface area contributed by atoms with Gasteiger partial charge in [0.1, 0.15) is 13.2 Å². The second-order valence-electron chi connectivity index (χ2n) is 8.39. The number of nitrogens with zero attached hydrogens (tertiary/aromatic N) is 3. The molecule has 1 aromatic carbocycles. The van der Waals surface area contributed by atoms with Crippen molar-refractivity contribution < 1.29 is 19.5 Å². The predicted octanol–water partition coefficient (Wildman–Crippen LogP) is 2.04. The number of ether oxygens (including phenoxy) is 1. The number of para-hydroxylation sites is 1. The van der Waals surface area contributed by atoms with Gasteiger partial charge in [-0.2, -0.15) is 0 Å². The van der Waals surface area contributed by atoms with E-state index in [0.29, 0.717) is 42.2 Å². The van der Waals surface area contributed by atoms with Crippen molar-refractivity contribution in [2.75, 3.05) is 19.7 Å². The van der Waals surface area contributed by atoms with Crippen molar-refractivity contribution in [1.82, 2.24) is 14.9 Å². The van der Waals surface area contributed by atoms with Crippen LogP contribution < -0.4 is 10.9 Å². The molecule has 0 amide bonds. The third kappa shape index (κ3) is 3.39. The summed E-state index contributed by atoms with van der Waals surface area (Å²) < 4.78 is 6.77. The first-order valence-corrected chi connectivity index (χ1v) is 11.4. The van der Waals surface area contributed by atoms with Gasteiger partial charge in [-0.05, 0) is 25.1 Å². The largest absolute Gasteiger partial charge is 0.458 e. The molecule has 2 aromatic heterocycles. The first-order valence-electron chi connectivity index (χ1n) is 11.4. The fourth-order valence-electron chi connectivity index (χ4n) is 4.64. The molecule has 0 unspecified atom stereocenters. The van der Waals surface area contributed by atoms with E-state index in [-0.39, 0.29) is 18.6 Å². The molecule has 0 aliphatic carbocycles. The minimum Gasteiger partial charge on any atom is -0.458 e. The summed E-state index contributed by atoms with van der Waals surface area (Å²) in [4.78, 5) is 36.0. The number of hydrogen-bond acceptors (Lipinski definition) is 8. The molecule has 4 heterocycles. The molecule has 0 saturated heterocycles. The summed E-state index contributed by atoms with van der Waals surface area (Å²) in [6.07, 6.45) is 1.77. The van der Waals surface area contributed by atoms with Gasteiger partial charge in [-0.3, -0.25) is 4.79 Å². The number of fused-ring (bicyclic) bond motifs is 5. The molecule has 0 bridgehead atoms. The summed E-state index contributed by atoms with van der Waals surface area (Å²) in [6, 6.07) is 9.40. The Hall–Kier alpha value is -3.56. The van der Waals surface area contributed by atoms with Crippen molar-refractivity contribution in [2.24, 2.45) is 5.16 Å². The average Bonchev–Trinajstić information content (AvgIpc) is 3.22. The van der Waals surface area contributed by atoms with Crippen LogP contribution in [0.15, 0.2) is 40.3 Å². The van der Waals surface area contributed by atoms with Crippen LogP contribution in [0, 0.1) is 0 Å². The van der Waals surface area contributed by atoms with Crippen LogP contribution in [0.3, 0.4) is 0 Å². The van der Waals surface area contributed by atoms with E-state index in [9.17, 15) is 14.7 Å². The van der Waals surface area contributed by atoms with Gasteiger partial charge in [-0.15, -0.1) is 0 Å². The summed E-state index contributed by atoms with van der Waals surface area (Å²) in [5.74, 6) is -0.737. The number of oxime groups is 1. The van der Waals surface area contributed by atoms with Gasteiger partial charge in [0.15, 0.2) is 5.60 Å². The molecule has 2 N–H and O–H groups in total. The molecule has 1 atom stereocenters. The van der Waals surface area contributed by atoms with Crippen LogP contribution in [0.1, 0.15) is 42.5 Å². The first kappa shape index (κ1) is 22.2. The van der Waals surface area contributed by atoms with Crippen LogP contribution in [-0.2, 0) is 33.1 Å². The minimum atomic E-state index is -1.85. The fourth-order valence-corrected chi connectivity index (χ4v) is 4.64. The zero-order chi connectivity index (χ0) is 23.9. The quantitative estimate of drug-likeness (QED) is 0.187. The second-order valence-corrected chi connectivity index (χ2v) is 8.39. The molecule has 3 aromatic rings. The molecule has 0 spiro atoms. The van der Waals surface area contributed by atoms with Crippen LogP contribution in [-0.4, -0.2) is 46.5 Å². The summed E-state index contributed by atoms with van der Waals surface area (Å²) in [5, 5.41) is 19.3. The Morgan fingerprint density at radius 2 is 2.12 bits per heavy atom. The zero-order valence-corrected chi connectivity index (χ0v) is 19.1. The molecule has 34 heavy (non-hydrogen) atoms. The topological polar surface area (TPSA) is 115 Å². The van der Waals surface area contributed by atoms with E-state index in [0.717, 1.165) is 28.6 Å². The van der Waals surface area contributed by atoms with Crippen LogP contribution in [0.2, 0.25) is 0 Å². The molecule has 0 radical (unpaired) electrons. The zero-order valence-electron chi connectivity index (χ0n) is 19.1. The highest BCUT2D eigenvalue weighted by Gasteiger charge is 2.45. The van der Waals surface area contributed by atoms with E-state index in [1.807, 2.05) is 31.2 Å². The molecular weight excluding hydrogens is 436 g/mol. The van der Waals surface area contributed by atoms with Gasteiger partial charge in [0, 0.05) is 28.6 Å². The van der Waals surface area contributed by atoms with Crippen LogP contribution in [0.25, 0.3) is 22.3 Å². The van der Waals surface area contributed by atoms with Gasteiger partial charge in [0.05, 0.1) is 35.2 Å². The van der Waals surface area contributed by atoms with Crippen molar-refractivity contribution in [3.8, 4) is 11.4 Å². The molecule has 9 heteroatoms.